The van der Waals surface area contributed by atoms with Crippen LogP contribution in [-0.4, -0.2) is 30.8 Å². The molecular weight excluding hydrogens is 254 g/mol. The molecule has 0 aliphatic heterocycles. The summed E-state index contributed by atoms with van der Waals surface area (Å²) in [5.74, 6) is 0.565. The Hall–Kier alpha value is -1.50. The fourth-order valence-electron chi connectivity index (χ4n) is 1.21. The third-order valence-electron chi connectivity index (χ3n) is 2.24. The lowest BCUT2D eigenvalue weighted by molar-refractivity contribution is -0.116. The van der Waals surface area contributed by atoms with Crippen molar-refractivity contribution in [2.75, 3.05) is 11.6 Å². The van der Waals surface area contributed by atoms with Crippen LogP contribution in [-0.2, 0) is 14.6 Å². The van der Waals surface area contributed by atoms with Crippen LogP contribution in [0.1, 0.15) is 26.7 Å². The summed E-state index contributed by atoms with van der Waals surface area (Å²) in [5, 5.41) is 9.66. The van der Waals surface area contributed by atoms with E-state index in [1.807, 2.05) is 13.8 Å². The zero-order valence-electron chi connectivity index (χ0n) is 10.7. The van der Waals surface area contributed by atoms with Gasteiger partial charge in [-0.25, -0.2) is 8.42 Å². The first kappa shape index (κ1) is 14.6. The van der Waals surface area contributed by atoms with Crippen molar-refractivity contribution in [1.29, 1.82) is 0 Å². The van der Waals surface area contributed by atoms with Gasteiger partial charge in [-0.05, 0) is 24.5 Å². The lowest BCUT2D eigenvalue weighted by Gasteiger charge is -2.05. The maximum Gasteiger partial charge on any atom is 0.225 e. The van der Waals surface area contributed by atoms with Crippen LogP contribution in [0.25, 0.3) is 0 Å². The van der Waals surface area contributed by atoms with Crippen molar-refractivity contribution in [3.63, 3.8) is 0 Å². The molecule has 0 atom stereocenters. The molecule has 7 heteroatoms. The molecule has 0 spiro atoms. The summed E-state index contributed by atoms with van der Waals surface area (Å²) in [7, 11) is -3.36. The van der Waals surface area contributed by atoms with Crippen LogP contribution in [0.3, 0.4) is 0 Å². The van der Waals surface area contributed by atoms with Gasteiger partial charge in [-0.1, -0.05) is 13.8 Å². The van der Waals surface area contributed by atoms with Crippen LogP contribution in [0.15, 0.2) is 17.2 Å². The highest BCUT2D eigenvalue weighted by molar-refractivity contribution is 7.90. The molecule has 0 fully saturated rings. The third kappa shape index (κ3) is 4.79. The number of hydrogen-bond acceptors (Lipinski definition) is 5. The molecule has 1 amide bonds. The highest BCUT2D eigenvalue weighted by Crippen LogP contribution is 2.09. The Morgan fingerprint density at radius 2 is 2.00 bits per heavy atom. The minimum Gasteiger partial charge on any atom is -0.309 e. The Balaban J connectivity index is 2.62. The Kier molecular flexibility index (Phi) is 4.77. The van der Waals surface area contributed by atoms with E-state index in [9.17, 15) is 13.2 Å². The zero-order chi connectivity index (χ0) is 13.8. The topological polar surface area (TPSA) is 89.0 Å². The summed E-state index contributed by atoms with van der Waals surface area (Å²) in [6.45, 7) is 4.07. The molecule has 6 nitrogen and oxygen atoms in total. The van der Waals surface area contributed by atoms with Gasteiger partial charge in [0, 0.05) is 12.7 Å². The van der Waals surface area contributed by atoms with Gasteiger partial charge in [0.1, 0.15) is 0 Å². The van der Waals surface area contributed by atoms with Crippen LogP contribution in [0, 0.1) is 5.92 Å². The van der Waals surface area contributed by atoms with Gasteiger partial charge in [0.15, 0.2) is 20.7 Å². The predicted molar refractivity (Wildman–Crippen MR) is 67.8 cm³/mol. The molecule has 1 heterocycles. The van der Waals surface area contributed by atoms with Crippen LogP contribution in [0.4, 0.5) is 5.82 Å². The molecule has 18 heavy (non-hydrogen) atoms. The summed E-state index contributed by atoms with van der Waals surface area (Å²) >= 11 is 0. The highest BCUT2D eigenvalue weighted by atomic mass is 32.2. The molecule has 0 saturated heterocycles. The van der Waals surface area contributed by atoms with Crippen molar-refractivity contribution in [3.8, 4) is 0 Å². The summed E-state index contributed by atoms with van der Waals surface area (Å²) in [6.07, 6.45) is 2.26. The van der Waals surface area contributed by atoms with Crippen molar-refractivity contribution in [1.82, 2.24) is 10.2 Å². The average Bonchev–Trinajstić information content (AvgIpc) is 2.26. The van der Waals surface area contributed by atoms with E-state index in [0.717, 1.165) is 12.7 Å². The molecular formula is C11H17N3O3S. The van der Waals surface area contributed by atoms with Gasteiger partial charge in [-0.2, -0.15) is 0 Å². The maximum absolute atomic E-state index is 11.5. The van der Waals surface area contributed by atoms with E-state index in [2.05, 4.69) is 15.5 Å². The number of hydrogen-bond donors (Lipinski definition) is 1. The number of carbonyl (C=O) groups excluding carboxylic acids is 1. The molecule has 0 saturated carbocycles. The van der Waals surface area contributed by atoms with Crippen molar-refractivity contribution >= 4 is 21.6 Å². The second-order valence-electron chi connectivity index (χ2n) is 4.51. The second-order valence-corrected chi connectivity index (χ2v) is 6.47. The molecule has 1 rings (SSSR count). The van der Waals surface area contributed by atoms with Crippen LogP contribution in [0.5, 0.6) is 0 Å². The van der Waals surface area contributed by atoms with E-state index in [1.165, 1.54) is 12.1 Å². The third-order valence-corrected chi connectivity index (χ3v) is 3.21. The number of sulfone groups is 1. The summed E-state index contributed by atoms with van der Waals surface area (Å²) < 4.78 is 22.3. The van der Waals surface area contributed by atoms with Gasteiger partial charge in [0.05, 0.1) is 0 Å². The van der Waals surface area contributed by atoms with Crippen molar-refractivity contribution in [2.24, 2.45) is 5.92 Å². The Labute approximate surface area is 107 Å². The fraction of sp³-hybridized carbons (Fsp3) is 0.545. The normalized spacial score (nSPS) is 11.6. The largest absolute Gasteiger partial charge is 0.309 e. The standard InChI is InChI=1S/C11H17N3O3S/c1-8(2)4-6-10(15)12-9-5-7-11(14-13-9)18(3,16)17/h5,7-8H,4,6H2,1-3H3,(H,12,13,15). The summed E-state index contributed by atoms with van der Waals surface area (Å²) in [6, 6.07) is 2.75. The van der Waals surface area contributed by atoms with E-state index in [4.69, 9.17) is 0 Å². The molecule has 0 unspecified atom stereocenters. The van der Waals surface area contributed by atoms with Gasteiger partial charge < -0.3 is 5.32 Å². The highest BCUT2D eigenvalue weighted by Gasteiger charge is 2.10. The quantitative estimate of drug-likeness (QED) is 0.870. The maximum atomic E-state index is 11.5. The number of rotatable bonds is 5. The smallest absolute Gasteiger partial charge is 0.225 e. The van der Waals surface area contributed by atoms with Crippen LogP contribution < -0.4 is 5.32 Å². The van der Waals surface area contributed by atoms with E-state index >= 15 is 0 Å². The van der Waals surface area contributed by atoms with Crippen molar-refractivity contribution in [2.45, 2.75) is 31.7 Å². The molecule has 0 bridgehead atoms. The van der Waals surface area contributed by atoms with Crippen LogP contribution in [0.2, 0.25) is 0 Å². The molecule has 1 N–H and O–H groups in total. The molecule has 0 aliphatic rings. The molecule has 0 aliphatic carbocycles. The predicted octanol–water partition coefficient (Wildman–Crippen LogP) is 1.25. The zero-order valence-corrected chi connectivity index (χ0v) is 11.5. The Morgan fingerprint density at radius 3 is 2.44 bits per heavy atom. The number of nitrogens with zero attached hydrogens (tertiary/aromatic N) is 2. The number of carbonyl (C=O) groups is 1. The van der Waals surface area contributed by atoms with Gasteiger partial charge in [-0.3, -0.25) is 4.79 Å². The molecule has 1 aromatic heterocycles. The summed E-state index contributed by atoms with van der Waals surface area (Å²) in [4.78, 5) is 11.5. The first-order chi connectivity index (χ1) is 8.29. The lowest BCUT2D eigenvalue weighted by atomic mass is 10.1. The number of anilines is 1. The SMILES string of the molecule is CC(C)CCC(=O)Nc1ccc(S(C)(=O)=O)nn1. The van der Waals surface area contributed by atoms with Crippen molar-refractivity contribution in [3.05, 3.63) is 12.1 Å². The Morgan fingerprint density at radius 1 is 1.33 bits per heavy atom. The van der Waals surface area contributed by atoms with Gasteiger partial charge in [0.25, 0.3) is 0 Å². The average molecular weight is 271 g/mol. The second kappa shape index (κ2) is 5.90. The minimum atomic E-state index is -3.36. The molecule has 1 aromatic rings. The van der Waals surface area contributed by atoms with E-state index in [1.54, 1.807) is 0 Å². The number of nitrogens with one attached hydrogen (secondary N) is 1. The summed E-state index contributed by atoms with van der Waals surface area (Å²) in [5.41, 5.74) is 0. The van der Waals surface area contributed by atoms with Gasteiger partial charge in [0.2, 0.25) is 5.91 Å². The molecule has 0 aromatic carbocycles. The van der Waals surface area contributed by atoms with E-state index < -0.39 is 9.84 Å². The van der Waals surface area contributed by atoms with Crippen LogP contribution >= 0.6 is 0 Å². The molecule has 0 radical (unpaired) electrons. The Bertz CT molecular complexity index is 509. The van der Waals surface area contributed by atoms with Crippen molar-refractivity contribution < 1.29 is 13.2 Å². The number of amides is 1. The van der Waals surface area contributed by atoms with E-state index in [0.29, 0.717) is 12.3 Å². The lowest BCUT2D eigenvalue weighted by Crippen LogP contribution is -2.14. The minimum absolute atomic E-state index is 0.109. The monoisotopic (exact) mass is 271 g/mol. The van der Waals surface area contributed by atoms with E-state index in [-0.39, 0.29) is 16.8 Å². The number of aromatic nitrogens is 2. The first-order valence-electron chi connectivity index (χ1n) is 5.62. The van der Waals surface area contributed by atoms with Gasteiger partial charge >= 0.3 is 0 Å². The van der Waals surface area contributed by atoms with Gasteiger partial charge in [-0.15, -0.1) is 10.2 Å². The first-order valence-corrected chi connectivity index (χ1v) is 7.52. The fourth-order valence-corrected chi connectivity index (χ4v) is 1.71. The molecule has 100 valence electrons.